The Bertz CT molecular complexity index is 747. The summed E-state index contributed by atoms with van der Waals surface area (Å²) in [4.78, 5) is 12.3. The minimum Gasteiger partial charge on any atom is -0.394 e. The summed E-state index contributed by atoms with van der Waals surface area (Å²) in [5, 5.41) is 19.8. The van der Waals surface area contributed by atoms with Gasteiger partial charge in [0.05, 0.1) is 23.4 Å². The number of aliphatic hydroxyl groups excluding tert-OH is 1. The van der Waals surface area contributed by atoms with E-state index in [1.54, 1.807) is 13.0 Å². The molecule has 1 aliphatic carbocycles. The van der Waals surface area contributed by atoms with Gasteiger partial charge in [0.25, 0.3) is 5.91 Å². The largest absolute Gasteiger partial charge is 0.394 e. The SMILES string of the molecule is CC(CO)(NC(=O)c1cn(-c2cccc(Cl)c2F)nn1)C1CC1. The zero-order valence-corrected chi connectivity index (χ0v) is 13.2. The second kappa shape index (κ2) is 5.90. The van der Waals surface area contributed by atoms with E-state index in [0.29, 0.717) is 0 Å². The van der Waals surface area contributed by atoms with E-state index in [0.717, 1.165) is 17.5 Å². The van der Waals surface area contributed by atoms with Crippen molar-refractivity contribution in [3.63, 3.8) is 0 Å². The summed E-state index contributed by atoms with van der Waals surface area (Å²) in [6, 6.07) is 4.49. The molecule has 1 aromatic heterocycles. The zero-order valence-electron chi connectivity index (χ0n) is 12.5. The monoisotopic (exact) mass is 338 g/mol. The quantitative estimate of drug-likeness (QED) is 0.873. The zero-order chi connectivity index (χ0) is 16.6. The first kappa shape index (κ1) is 15.9. The number of carbonyl (C=O) groups excluding carboxylic acids is 1. The van der Waals surface area contributed by atoms with Crippen LogP contribution in [0.25, 0.3) is 5.69 Å². The van der Waals surface area contributed by atoms with Crippen molar-refractivity contribution in [1.82, 2.24) is 20.3 Å². The Hall–Kier alpha value is -1.99. The highest BCUT2D eigenvalue weighted by Crippen LogP contribution is 2.39. The molecule has 0 saturated heterocycles. The van der Waals surface area contributed by atoms with Crippen molar-refractivity contribution in [1.29, 1.82) is 0 Å². The highest BCUT2D eigenvalue weighted by molar-refractivity contribution is 6.30. The normalized spacial score (nSPS) is 16.9. The van der Waals surface area contributed by atoms with Crippen LogP contribution in [0.15, 0.2) is 24.4 Å². The summed E-state index contributed by atoms with van der Waals surface area (Å²) in [6.45, 7) is 1.64. The fraction of sp³-hybridized carbons (Fsp3) is 0.400. The molecule has 1 fully saturated rings. The average molecular weight is 339 g/mol. The van der Waals surface area contributed by atoms with Crippen molar-refractivity contribution in [3.05, 3.63) is 40.9 Å². The number of nitrogens with one attached hydrogen (secondary N) is 1. The molecular weight excluding hydrogens is 323 g/mol. The first-order chi connectivity index (χ1) is 10.9. The van der Waals surface area contributed by atoms with E-state index in [2.05, 4.69) is 15.6 Å². The molecule has 0 radical (unpaired) electrons. The van der Waals surface area contributed by atoms with E-state index in [1.165, 1.54) is 18.3 Å². The first-order valence-electron chi connectivity index (χ1n) is 7.25. The summed E-state index contributed by atoms with van der Waals surface area (Å²) in [6.07, 6.45) is 3.27. The van der Waals surface area contributed by atoms with E-state index in [9.17, 15) is 14.3 Å². The van der Waals surface area contributed by atoms with Crippen molar-refractivity contribution < 1.29 is 14.3 Å². The number of benzene rings is 1. The maximum absolute atomic E-state index is 14.0. The Kier molecular flexibility index (Phi) is 4.08. The van der Waals surface area contributed by atoms with Gasteiger partial charge in [0.1, 0.15) is 5.69 Å². The fourth-order valence-electron chi connectivity index (χ4n) is 2.47. The lowest BCUT2D eigenvalue weighted by molar-refractivity contribution is 0.0819. The highest BCUT2D eigenvalue weighted by Gasteiger charge is 2.42. The van der Waals surface area contributed by atoms with E-state index >= 15 is 0 Å². The van der Waals surface area contributed by atoms with E-state index in [1.807, 2.05) is 0 Å². The maximum atomic E-state index is 14.0. The number of halogens is 2. The third kappa shape index (κ3) is 3.07. The van der Waals surface area contributed by atoms with Gasteiger partial charge >= 0.3 is 0 Å². The van der Waals surface area contributed by atoms with Crippen molar-refractivity contribution in [3.8, 4) is 5.69 Å². The van der Waals surface area contributed by atoms with Crippen LogP contribution in [0.1, 0.15) is 30.3 Å². The van der Waals surface area contributed by atoms with E-state index in [-0.39, 0.29) is 28.9 Å². The van der Waals surface area contributed by atoms with Gasteiger partial charge in [-0.25, -0.2) is 9.07 Å². The number of carbonyl (C=O) groups is 1. The molecule has 122 valence electrons. The van der Waals surface area contributed by atoms with Crippen LogP contribution in [0, 0.1) is 11.7 Å². The lowest BCUT2D eigenvalue weighted by Crippen LogP contribution is -2.50. The van der Waals surface area contributed by atoms with Crippen LogP contribution in [0.3, 0.4) is 0 Å². The fourth-order valence-corrected chi connectivity index (χ4v) is 2.64. The molecule has 8 heteroatoms. The van der Waals surface area contributed by atoms with Gasteiger partial charge in [-0.3, -0.25) is 4.79 Å². The number of aliphatic hydroxyl groups is 1. The molecular formula is C15H16ClFN4O2. The molecule has 6 nitrogen and oxygen atoms in total. The average Bonchev–Trinajstić information content (AvgIpc) is 3.28. The summed E-state index contributed by atoms with van der Waals surface area (Å²) in [5.41, 5.74) is -0.525. The van der Waals surface area contributed by atoms with Crippen LogP contribution in [0.4, 0.5) is 4.39 Å². The molecule has 2 N–H and O–H groups in total. The molecule has 1 saturated carbocycles. The number of rotatable bonds is 5. The Morgan fingerprint density at radius 3 is 2.96 bits per heavy atom. The minimum atomic E-state index is -0.678. The summed E-state index contributed by atoms with van der Waals surface area (Å²) in [7, 11) is 0. The second-order valence-electron chi connectivity index (χ2n) is 5.93. The Morgan fingerprint density at radius 2 is 2.30 bits per heavy atom. The second-order valence-corrected chi connectivity index (χ2v) is 6.33. The van der Waals surface area contributed by atoms with Crippen molar-refractivity contribution in [2.75, 3.05) is 6.61 Å². The predicted octanol–water partition coefficient (Wildman–Crippen LogP) is 1.95. The molecule has 1 unspecified atom stereocenters. The maximum Gasteiger partial charge on any atom is 0.273 e. The van der Waals surface area contributed by atoms with Crippen molar-refractivity contribution in [2.24, 2.45) is 5.92 Å². The number of hydrogen-bond donors (Lipinski definition) is 2. The van der Waals surface area contributed by atoms with Crippen LogP contribution in [0.2, 0.25) is 5.02 Å². The van der Waals surface area contributed by atoms with Crippen LogP contribution in [-0.2, 0) is 0 Å². The number of hydrogen-bond acceptors (Lipinski definition) is 4. The smallest absolute Gasteiger partial charge is 0.273 e. The van der Waals surface area contributed by atoms with Crippen molar-refractivity contribution in [2.45, 2.75) is 25.3 Å². The molecule has 0 aliphatic heterocycles. The third-order valence-corrected chi connectivity index (χ3v) is 4.40. The van der Waals surface area contributed by atoms with Gasteiger partial charge in [0.2, 0.25) is 0 Å². The van der Waals surface area contributed by atoms with Gasteiger partial charge in [-0.2, -0.15) is 0 Å². The van der Waals surface area contributed by atoms with Gasteiger partial charge in [-0.1, -0.05) is 22.9 Å². The topological polar surface area (TPSA) is 80.0 Å². The standard InChI is InChI=1S/C15H16ClFN4O2/c1-15(8-22,9-5-6-9)18-14(23)11-7-21(20-19-11)12-4-2-3-10(16)13(12)17/h2-4,7,9,22H,5-6,8H2,1H3,(H,18,23). The molecule has 0 spiro atoms. The molecule has 23 heavy (non-hydrogen) atoms. The Labute approximate surface area is 137 Å². The van der Waals surface area contributed by atoms with Crippen LogP contribution >= 0.6 is 11.6 Å². The Morgan fingerprint density at radius 1 is 1.57 bits per heavy atom. The summed E-state index contributed by atoms with van der Waals surface area (Å²) in [5.74, 6) is -0.830. The summed E-state index contributed by atoms with van der Waals surface area (Å²) >= 11 is 5.74. The third-order valence-electron chi connectivity index (χ3n) is 4.11. The van der Waals surface area contributed by atoms with Gasteiger partial charge < -0.3 is 10.4 Å². The number of nitrogens with zero attached hydrogens (tertiary/aromatic N) is 3. The number of amides is 1. The van der Waals surface area contributed by atoms with E-state index < -0.39 is 17.3 Å². The van der Waals surface area contributed by atoms with Crippen LogP contribution in [0.5, 0.6) is 0 Å². The molecule has 1 aliphatic rings. The number of aromatic nitrogens is 3. The van der Waals surface area contributed by atoms with Crippen molar-refractivity contribution >= 4 is 17.5 Å². The lowest BCUT2D eigenvalue weighted by atomic mass is 9.97. The van der Waals surface area contributed by atoms with E-state index in [4.69, 9.17) is 11.6 Å². The summed E-state index contributed by atoms with van der Waals surface area (Å²) < 4.78 is 15.1. The highest BCUT2D eigenvalue weighted by atomic mass is 35.5. The molecule has 1 atom stereocenters. The van der Waals surface area contributed by atoms with Crippen LogP contribution in [-0.4, -0.2) is 38.2 Å². The van der Waals surface area contributed by atoms with Gasteiger partial charge in [-0.15, -0.1) is 5.10 Å². The molecule has 0 bridgehead atoms. The molecule has 3 rings (SSSR count). The molecule has 1 amide bonds. The van der Waals surface area contributed by atoms with Gasteiger partial charge in [-0.05, 0) is 37.8 Å². The lowest BCUT2D eigenvalue weighted by Gasteiger charge is -2.28. The van der Waals surface area contributed by atoms with Crippen LogP contribution < -0.4 is 5.32 Å². The molecule has 2 aromatic rings. The van der Waals surface area contributed by atoms with Gasteiger partial charge in [0.15, 0.2) is 11.5 Å². The molecule has 1 aromatic carbocycles. The van der Waals surface area contributed by atoms with Gasteiger partial charge in [0, 0.05) is 0 Å². The minimum absolute atomic E-state index is 0.0365. The first-order valence-corrected chi connectivity index (χ1v) is 7.62. The predicted molar refractivity (Wildman–Crippen MR) is 82.0 cm³/mol. The Balaban J connectivity index is 1.81. The molecule has 1 heterocycles.